The van der Waals surface area contributed by atoms with Gasteiger partial charge in [-0.2, -0.15) is 0 Å². The van der Waals surface area contributed by atoms with Crippen molar-refractivity contribution in [2.45, 2.75) is 6.92 Å². The topological polar surface area (TPSA) is 32.9 Å². The zero-order valence-corrected chi connectivity index (χ0v) is 10.4. The van der Waals surface area contributed by atoms with E-state index in [2.05, 4.69) is 4.98 Å². The molecule has 1 aromatic heterocycles. The van der Waals surface area contributed by atoms with Gasteiger partial charge in [0, 0.05) is 5.69 Å². The third-order valence-electron chi connectivity index (χ3n) is 3.18. The maximum Gasteiger partial charge on any atom is 0.259 e. The number of pyridine rings is 1. The Labute approximate surface area is 109 Å². The van der Waals surface area contributed by atoms with Gasteiger partial charge < -0.3 is 4.98 Å². The maximum absolute atomic E-state index is 13.6. The molecular weight excluding hydrogens is 241 g/mol. The lowest BCUT2D eigenvalue weighted by Gasteiger charge is -2.05. The average Bonchev–Trinajstić information content (AvgIpc) is 2.39. The largest absolute Gasteiger partial charge is 0.321 e. The molecule has 3 aromatic rings. The first kappa shape index (κ1) is 11.7. The predicted molar refractivity (Wildman–Crippen MR) is 74.7 cm³/mol. The Morgan fingerprint density at radius 1 is 1.05 bits per heavy atom. The van der Waals surface area contributed by atoms with Crippen molar-refractivity contribution in [2.24, 2.45) is 0 Å². The van der Waals surface area contributed by atoms with Crippen LogP contribution in [0.25, 0.3) is 22.0 Å². The zero-order chi connectivity index (χ0) is 13.4. The normalized spacial score (nSPS) is 10.8. The van der Waals surface area contributed by atoms with Crippen molar-refractivity contribution in [2.75, 3.05) is 0 Å². The Morgan fingerprint density at radius 3 is 2.53 bits per heavy atom. The predicted octanol–water partition coefficient (Wildman–Crippen LogP) is 3.64. The highest BCUT2D eigenvalue weighted by atomic mass is 19.1. The summed E-state index contributed by atoms with van der Waals surface area (Å²) in [6.45, 7) is 2.00. The molecule has 3 rings (SSSR count). The summed E-state index contributed by atoms with van der Waals surface area (Å²) in [6.07, 6.45) is 0. The highest BCUT2D eigenvalue weighted by Crippen LogP contribution is 2.21. The van der Waals surface area contributed by atoms with Crippen molar-refractivity contribution in [3.63, 3.8) is 0 Å². The number of hydrogen-bond donors (Lipinski definition) is 1. The van der Waals surface area contributed by atoms with E-state index in [0.29, 0.717) is 11.1 Å². The monoisotopic (exact) mass is 253 g/mol. The fourth-order valence-corrected chi connectivity index (χ4v) is 2.17. The molecule has 0 radical (unpaired) electrons. The molecule has 1 heterocycles. The number of aromatic amines is 1. The maximum atomic E-state index is 13.6. The Balaban J connectivity index is 2.27. The van der Waals surface area contributed by atoms with Gasteiger partial charge in [-0.05, 0) is 30.0 Å². The molecule has 0 fully saturated rings. The van der Waals surface area contributed by atoms with Crippen LogP contribution in [0.3, 0.4) is 0 Å². The molecule has 0 aliphatic carbocycles. The molecule has 0 amide bonds. The van der Waals surface area contributed by atoms with Crippen LogP contribution in [0.2, 0.25) is 0 Å². The summed E-state index contributed by atoms with van der Waals surface area (Å²) in [5.74, 6) is -0.491. The molecular formula is C16H12FNO. The van der Waals surface area contributed by atoms with Crippen molar-refractivity contribution in [3.05, 3.63) is 70.3 Å². The third kappa shape index (κ3) is 2.03. The van der Waals surface area contributed by atoms with Crippen LogP contribution in [0.4, 0.5) is 4.39 Å². The summed E-state index contributed by atoms with van der Waals surface area (Å²) >= 11 is 0. The lowest BCUT2D eigenvalue weighted by Crippen LogP contribution is -2.08. The molecule has 0 saturated heterocycles. The van der Waals surface area contributed by atoms with Gasteiger partial charge in [-0.15, -0.1) is 0 Å². The van der Waals surface area contributed by atoms with E-state index in [1.54, 1.807) is 18.2 Å². The molecule has 0 spiro atoms. The first-order chi connectivity index (χ1) is 9.15. The van der Waals surface area contributed by atoms with E-state index < -0.39 is 11.4 Å². The van der Waals surface area contributed by atoms with Crippen LogP contribution in [0.15, 0.2) is 53.3 Å². The second kappa shape index (κ2) is 4.35. The fourth-order valence-electron chi connectivity index (χ4n) is 2.17. The SMILES string of the molecule is Cc1ccc(-c2cc3cccc(F)c3c(=O)[nH]2)cc1. The minimum atomic E-state index is -0.491. The fraction of sp³-hybridized carbons (Fsp3) is 0.0625. The van der Waals surface area contributed by atoms with Gasteiger partial charge in [0.1, 0.15) is 5.82 Å². The molecule has 0 saturated carbocycles. The van der Waals surface area contributed by atoms with Gasteiger partial charge in [-0.3, -0.25) is 4.79 Å². The molecule has 0 bridgehead atoms. The van der Waals surface area contributed by atoms with E-state index in [0.717, 1.165) is 11.1 Å². The second-order valence-corrected chi connectivity index (χ2v) is 4.58. The van der Waals surface area contributed by atoms with Gasteiger partial charge in [0.25, 0.3) is 5.56 Å². The number of hydrogen-bond acceptors (Lipinski definition) is 1. The Morgan fingerprint density at radius 2 is 1.79 bits per heavy atom. The Bertz CT molecular complexity index is 803. The first-order valence-corrected chi connectivity index (χ1v) is 6.04. The number of nitrogens with one attached hydrogen (secondary N) is 1. The molecule has 1 N–H and O–H groups in total. The molecule has 3 heteroatoms. The van der Waals surface area contributed by atoms with Crippen LogP contribution in [-0.4, -0.2) is 4.98 Å². The van der Waals surface area contributed by atoms with Crippen molar-refractivity contribution >= 4 is 10.8 Å². The average molecular weight is 253 g/mol. The number of aryl methyl sites for hydroxylation is 1. The summed E-state index contributed by atoms with van der Waals surface area (Å²) in [4.78, 5) is 14.7. The Kier molecular flexibility index (Phi) is 2.67. The molecule has 0 unspecified atom stereocenters. The molecule has 94 valence electrons. The number of benzene rings is 2. The quantitative estimate of drug-likeness (QED) is 0.705. The number of halogens is 1. The summed E-state index contributed by atoms with van der Waals surface area (Å²) in [5.41, 5.74) is 2.36. The summed E-state index contributed by atoms with van der Waals surface area (Å²) in [7, 11) is 0. The van der Waals surface area contributed by atoms with Crippen LogP contribution in [0.5, 0.6) is 0 Å². The molecule has 0 atom stereocenters. The van der Waals surface area contributed by atoms with E-state index in [1.807, 2.05) is 31.2 Å². The standard InChI is InChI=1S/C16H12FNO/c1-10-5-7-11(8-6-10)14-9-12-3-2-4-13(17)15(12)16(19)18-14/h2-9H,1H3,(H,18,19). The highest BCUT2D eigenvalue weighted by Gasteiger charge is 2.07. The van der Waals surface area contributed by atoms with Crippen molar-refractivity contribution in [1.29, 1.82) is 0 Å². The lowest BCUT2D eigenvalue weighted by atomic mass is 10.1. The van der Waals surface area contributed by atoms with E-state index in [4.69, 9.17) is 0 Å². The zero-order valence-electron chi connectivity index (χ0n) is 10.4. The van der Waals surface area contributed by atoms with Crippen molar-refractivity contribution in [1.82, 2.24) is 4.98 Å². The summed E-state index contributed by atoms with van der Waals surface area (Å²) < 4.78 is 13.6. The number of fused-ring (bicyclic) bond motifs is 1. The minimum absolute atomic E-state index is 0.110. The number of rotatable bonds is 1. The Hall–Kier alpha value is -2.42. The first-order valence-electron chi connectivity index (χ1n) is 6.04. The molecule has 19 heavy (non-hydrogen) atoms. The number of aromatic nitrogens is 1. The van der Waals surface area contributed by atoms with Crippen LogP contribution in [0.1, 0.15) is 5.56 Å². The second-order valence-electron chi connectivity index (χ2n) is 4.58. The van der Waals surface area contributed by atoms with Gasteiger partial charge >= 0.3 is 0 Å². The van der Waals surface area contributed by atoms with Gasteiger partial charge in [0.15, 0.2) is 0 Å². The van der Waals surface area contributed by atoms with E-state index in [-0.39, 0.29) is 5.39 Å². The van der Waals surface area contributed by atoms with Crippen molar-refractivity contribution in [3.8, 4) is 11.3 Å². The molecule has 2 nitrogen and oxygen atoms in total. The van der Waals surface area contributed by atoms with Crippen LogP contribution < -0.4 is 5.56 Å². The molecule has 2 aromatic carbocycles. The molecule has 0 aliphatic heterocycles. The summed E-state index contributed by atoms with van der Waals surface area (Å²) in [5, 5.41) is 0.720. The number of H-pyrrole nitrogens is 1. The third-order valence-corrected chi connectivity index (χ3v) is 3.18. The van der Waals surface area contributed by atoms with Gasteiger partial charge in [-0.1, -0.05) is 42.0 Å². The van der Waals surface area contributed by atoms with Gasteiger partial charge in [0.2, 0.25) is 0 Å². The van der Waals surface area contributed by atoms with Crippen LogP contribution in [0, 0.1) is 12.7 Å². The molecule has 0 aliphatic rings. The smallest absolute Gasteiger partial charge is 0.259 e. The van der Waals surface area contributed by atoms with Gasteiger partial charge in [-0.25, -0.2) is 4.39 Å². The van der Waals surface area contributed by atoms with E-state index >= 15 is 0 Å². The van der Waals surface area contributed by atoms with E-state index in [1.165, 1.54) is 6.07 Å². The van der Waals surface area contributed by atoms with Crippen LogP contribution >= 0.6 is 0 Å². The minimum Gasteiger partial charge on any atom is -0.321 e. The highest BCUT2D eigenvalue weighted by molar-refractivity contribution is 5.85. The van der Waals surface area contributed by atoms with Crippen molar-refractivity contribution < 1.29 is 4.39 Å². The van der Waals surface area contributed by atoms with Crippen LogP contribution in [-0.2, 0) is 0 Å². The lowest BCUT2D eigenvalue weighted by molar-refractivity contribution is 0.638. The summed E-state index contributed by atoms with van der Waals surface area (Å²) in [6, 6.07) is 14.3. The van der Waals surface area contributed by atoms with E-state index in [9.17, 15) is 9.18 Å². The van der Waals surface area contributed by atoms with Gasteiger partial charge in [0.05, 0.1) is 5.39 Å².